The van der Waals surface area contributed by atoms with Crippen molar-refractivity contribution in [3.05, 3.63) is 0 Å². The van der Waals surface area contributed by atoms with Gasteiger partial charge in [0, 0.05) is 11.4 Å². The van der Waals surface area contributed by atoms with Gasteiger partial charge in [0.05, 0.1) is 6.10 Å². The zero-order valence-corrected chi connectivity index (χ0v) is 11.1. The van der Waals surface area contributed by atoms with Gasteiger partial charge >= 0.3 is 0 Å². The second kappa shape index (κ2) is 6.84. The Morgan fingerprint density at radius 2 is 1.93 bits per heavy atom. The van der Waals surface area contributed by atoms with Gasteiger partial charge in [0.15, 0.2) is 0 Å². The first-order valence-corrected chi connectivity index (χ1v) is 6.87. The monoisotopic (exact) mass is 262 g/mol. The maximum atomic E-state index is 5.61. The molecule has 14 heavy (non-hydrogen) atoms. The Balaban J connectivity index is 2.19. The van der Waals surface area contributed by atoms with Crippen molar-refractivity contribution in [2.24, 2.45) is 5.92 Å². The molecule has 0 aromatic heterocycles. The van der Waals surface area contributed by atoms with Crippen molar-refractivity contribution in [1.29, 1.82) is 0 Å². The Kier molecular flexibility index (Phi) is 6.11. The molecule has 0 bridgehead atoms. The number of hydrogen-bond donors (Lipinski definition) is 0. The van der Waals surface area contributed by atoms with Crippen LogP contribution in [-0.4, -0.2) is 17.5 Å². The number of hydrogen-bond acceptors (Lipinski definition) is 1. The van der Waals surface area contributed by atoms with Gasteiger partial charge in [-0.3, -0.25) is 0 Å². The maximum absolute atomic E-state index is 5.61. The maximum Gasteiger partial charge on any atom is 0.0518 e. The van der Waals surface area contributed by atoms with E-state index in [0.29, 0.717) is 6.10 Å². The van der Waals surface area contributed by atoms with Crippen LogP contribution >= 0.6 is 15.9 Å². The lowest BCUT2D eigenvalue weighted by molar-refractivity contribution is 0.0677. The van der Waals surface area contributed by atoms with Gasteiger partial charge in [0.2, 0.25) is 0 Å². The van der Waals surface area contributed by atoms with Crippen molar-refractivity contribution in [2.75, 3.05) is 6.61 Å². The van der Waals surface area contributed by atoms with Crippen LogP contribution in [0.2, 0.25) is 0 Å². The van der Waals surface area contributed by atoms with Crippen LogP contribution in [0.15, 0.2) is 0 Å². The molecule has 0 N–H and O–H groups in total. The van der Waals surface area contributed by atoms with Crippen LogP contribution in [0.4, 0.5) is 0 Å². The van der Waals surface area contributed by atoms with E-state index in [1.54, 1.807) is 0 Å². The van der Waals surface area contributed by atoms with E-state index in [4.69, 9.17) is 4.74 Å². The van der Waals surface area contributed by atoms with Crippen LogP contribution < -0.4 is 0 Å². The number of alkyl halides is 1. The first-order valence-electron chi connectivity index (χ1n) is 5.96. The summed E-state index contributed by atoms with van der Waals surface area (Å²) in [5.41, 5.74) is 0. The molecule has 0 aromatic carbocycles. The van der Waals surface area contributed by atoms with Crippen molar-refractivity contribution in [1.82, 2.24) is 0 Å². The molecule has 1 nitrogen and oxygen atoms in total. The van der Waals surface area contributed by atoms with Gasteiger partial charge in [-0.2, -0.15) is 0 Å². The summed E-state index contributed by atoms with van der Waals surface area (Å²) in [6.45, 7) is 5.15. The molecule has 84 valence electrons. The van der Waals surface area contributed by atoms with Crippen LogP contribution in [0.1, 0.15) is 52.4 Å². The van der Waals surface area contributed by atoms with E-state index in [9.17, 15) is 0 Å². The normalized spacial score (nSPS) is 29.1. The Hall–Kier alpha value is 0.440. The zero-order chi connectivity index (χ0) is 10.4. The van der Waals surface area contributed by atoms with Crippen LogP contribution in [-0.2, 0) is 4.74 Å². The molecule has 0 spiro atoms. The summed E-state index contributed by atoms with van der Waals surface area (Å²) in [5.74, 6) is 0.844. The molecular weight excluding hydrogens is 240 g/mol. The molecule has 2 atom stereocenters. The number of ether oxygens (including phenoxy) is 1. The fraction of sp³-hybridized carbons (Fsp3) is 1.00. The fourth-order valence-corrected chi connectivity index (χ4v) is 2.97. The lowest BCUT2D eigenvalue weighted by Gasteiger charge is -2.20. The van der Waals surface area contributed by atoms with Crippen LogP contribution in [0, 0.1) is 5.92 Å². The smallest absolute Gasteiger partial charge is 0.0518 e. The predicted molar refractivity (Wildman–Crippen MR) is 65.0 cm³/mol. The lowest BCUT2D eigenvalue weighted by Crippen LogP contribution is -2.16. The van der Waals surface area contributed by atoms with E-state index in [2.05, 4.69) is 29.8 Å². The van der Waals surface area contributed by atoms with Crippen molar-refractivity contribution in [2.45, 2.75) is 63.3 Å². The second-order valence-corrected chi connectivity index (χ2v) is 5.80. The Morgan fingerprint density at radius 3 is 2.64 bits per heavy atom. The third-order valence-electron chi connectivity index (χ3n) is 3.01. The van der Waals surface area contributed by atoms with Gasteiger partial charge < -0.3 is 4.74 Å². The Morgan fingerprint density at radius 1 is 1.21 bits per heavy atom. The van der Waals surface area contributed by atoms with E-state index >= 15 is 0 Å². The van der Waals surface area contributed by atoms with Crippen LogP contribution in [0.3, 0.4) is 0 Å². The highest BCUT2D eigenvalue weighted by atomic mass is 79.9. The summed E-state index contributed by atoms with van der Waals surface area (Å²) in [4.78, 5) is 0.737. The van der Waals surface area contributed by atoms with Crippen molar-refractivity contribution in [3.63, 3.8) is 0 Å². The molecular formula is C12H23BrO. The Labute approximate surface area is 96.7 Å². The molecule has 1 saturated carbocycles. The summed E-state index contributed by atoms with van der Waals surface area (Å²) < 4.78 is 5.61. The minimum atomic E-state index is 0.384. The fourth-order valence-electron chi connectivity index (χ4n) is 2.12. The zero-order valence-electron chi connectivity index (χ0n) is 9.47. The molecule has 1 fully saturated rings. The summed E-state index contributed by atoms with van der Waals surface area (Å²) >= 11 is 3.82. The number of halogens is 1. The van der Waals surface area contributed by atoms with E-state index in [1.807, 2.05) is 0 Å². The quantitative estimate of drug-likeness (QED) is 0.547. The van der Waals surface area contributed by atoms with Gasteiger partial charge in [-0.15, -0.1) is 0 Å². The summed E-state index contributed by atoms with van der Waals surface area (Å²) in [7, 11) is 0. The molecule has 0 aliphatic heterocycles. The van der Waals surface area contributed by atoms with Gasteiger partial charge in [-0.1, -0.05) is 35.2 Å². The minimum Gasteiger partial charge on any atom is -0.379 e. The van der Waals surface area contributed by atoms with Gasteiger partial charge in [0.1, 0.15) is 0 Å². The standard InChI is InChI=1S/C12H23BrO/c1-10(2)14-9-8-11-6-4-3-5-7-12(11)13/h10-12H,3-9H2,1-2H3. The van der Waals surface area contributed by atoms with Gasteiger partial charge in [-0.05, 0) is 39.0 Å². The first kappa shape index (κ1) is 12.5. The second-order valence-electron chi connectivity index (χ2n) is 4.62. The van der Waals surface area contributed by atoms with Crippen molar-refractivity contribution >= 4 is 15.9 Å². The Bertz CT molecular complexity index is 147. The molecule has 1 rings (SSSR count). The summed E-state index contributed by atoms with van der Waals surface area (Å²) in [5, 5.41) is 0. The average Bonchev–Trinajstić information content (AvgIpc) is 2.31. The SMILES string of the molecule is CC(C)OCCC1CCCCCC1Br. The minimum absolute atomic E-state index is 0.384. The molecule has 2 unspecified atom stereocenters. The van der Waals surface area contributed by atoms with Crippen LogP contribution in [0.25, 0.3) is 0 Å². The first-order chi connectivity index (χ1) is 6.70. The molecule has 0 saturated heterocycles. The molecule has 0 radical (unpaired) electrons. The molecule has 1 aliphatic carbocycles. The van der Waals surface area contributed by atoms with E-state index in [1.165, 1.54) is 38.5 Å². The van der Waals surface area contributed by atoms with Crippen molar-refractivity contribution < 1.29 is 4.74 Å². The molecule has 1 aliphatic rings. The van der Waals surface area contributed by atoms with E-state index < -0.39 is 0 Å². The van der Waals surface area contributed by atoms with E-state index in [0.717, 1.165) is 17.4 Å². The molecule has 2 heteroatoms. The highest BCUT2D eigenvalue weighted by Crippen LogP contribution is 2.30. The lowest BCUT2D eigenvalue weighted by atomic mass is 9.97. The molecule has 0 heterocycles. The third kappa shape index (κ3) is 4.79. The topological polar surface area (TPSA) is 9.23 Å². The molecule has 0 aromatic rings. The van der Waals surface area contributed by atoms with Gasteiger partial charge in [0.25, 0.3) is 0 Å². The summed E-state index contributed by atoms with van der Waals surface area (Å²) in [6, 6.07) is 0. The highest BCUT2D eigenvalue weighted by molar-refractivity contribution is 9.09. The van der Waals surface area contributed by atoms with Gasteiger partial charge in [-0.25, -0.2) is 0 Å². The number of rotatable bonds is 4. The van der Waals surface area contributed by atoms with E-state index in [-0.39, 0.29) is 0 Å². The molecule has 0 amide bonds. The highest BCUT2D eigenvalue weighted by Gasteiger charge is 2.20. The predicted octanol–water partition coefficient (Wildman–Crippen LogP) is 4.15. The summed E-state index contributed by atoms with van der Waals surface area (Å²) in [6.07, 6.45) is 8.59. The van der Waals surface area contributed by atoms with Crippen LogP contribution in [0.5, 0.6) is 0 Å². The third-order valence-corrected chi connectivity index (χ3v) is 4.21. The average molecular weight is 263 g/mol. The largest absolute Gasteiger partial charge is 0.379 e. The van der Waals surface area contributed by atoms with Crippen molar-refractivity contribution in [3.8, 4) is 0 Å².